The molecule has 21 heavy (non-hydrogen) atoms. The molecule has 1 atom stereocenters. The molecule has 4 nitrogen and oxygen atoms in total. The first-order chi connectivity index (χ1) is 10.2. The van der Waals surface area contributed by atoms with Gasteiger partial charge in [-0.2, -0.15) is 0 Å². The van der Waals surface area contributed by atoms with Crippen LogP contribution in [-0.4, -0.2) is 27.6 Å². The lowest BCUT2D eigenvalue weighted by atomic mass is 9.97. The molecule has 0 bridgehead atoms. The van der Waals surface area contributed by atoms with Crippen molar-refractivity contribution in [2.75, 3.05) is 18.0 Å². The predicted molar refractivity (Wildman–Crippen MR) is 81.0 cm³/mol. The van der Waals surface area contributed by atoms with Crippen molar-refractivity contribution in [3.05, 3.63) is 42.4 Å². The van der Waals surface area contributed by atoms with Crippen molar-refractivity contribution >= 4 is 5.82 Å². The van der Waals surface area contributed by atoms with E-state index >= 15 is 0 Å². The molecular weight excluding hydrogens is 267 g/mol. The Balaban J connectivity index is 1.83. The summed E-state index contributed by atoms with van der Waals surface area (Å²) in [6.45, 7) is 5.94. The number of rotatable bonds is 3. The highest BCUT2D eigenvalue weighted by Crippen LogP contribution is 2.30. The SMILES string of the molecule is CC(C)n1ccnc1[C@@H]1CCCN(c2ncccc2F)C1. The third-order valence-corrected chi connectivity index (χ3v) is 4.08. The summed E-state index contributed by atoms with van der Waals surface area (Å²) in [5.41, 5.74) is 0. The molecular formula is C16H21FN4. The molecule has 1 fully saturated rings. The fourth-order valence-electron chi connectivity index (χ4n) is 3.07. The van der Waals surface area contributed by atoms with E-state index < -0.39 is 0 Å². The van der Waals surface area contributed by atoms with Gasteiger partial charge >= 0.3 is 0 Å². The minimum Gasteiger partial charge on any atom is -0.353 e. The fraction of sp³-hybridized carbons (Fsp3) is 0.500. The van der Waals surface area contributed by atoms with Gasteiger partial charge in [-0.25, -0.2) is 14.4 Å². The number of nitrogens with zero attached hydrogens (tertiary/aromatic N) is 4. The van der Waals surface area contributed by atoms with E-state index in [-0.39, 0.29) is 5.82 Å². The van der Waals surface area contributed by atoms with Gasteiger partial charge in [-0.15, -0.1) is 0 Å². The quantitative estimate of drug-likeness (QED) is 0.868. The minimum absolute atomic E-state index is 0.245. The number of pyridine rings is 1. The number of halogens is 1. The summed E-state index contributed by atoms with van der Waals surface area (Å²) in [5.74, 6) is 1.65. The van der Waals surface area contributed by atoms with Crippen LogP contribution in [0.2, 0.25) is 0 Å². The zero-order chi connectivity index (χ0) is 14.8. The van der Waals surface area contributed by atoms with E-state index in [0.717, 1.165) is 31.8 Å². The third-order valence-electron chi connectivity index (χ3n) is 4.08. The first-order valence-electron chi connectivity index (χ1n) is 7.55. The maximum absolute atomic E-state index is 13.9. The van der Waals surface area contributed by atoms with Crippen molar-refractivity contribution in [3.63, 3.8) is 0 Å². The number of hydrogen-bond donors (Lipinski definition) is 0. The number of anilines is 1. The highest BCUT2D eigenvalue weighted by Gasteiger charge is 2.27. The molecule has 0 aliphatic carbocycles. The monoisotopic (exact) mass is 288 g/mol. The maximum atomic E-state index is 13.9. The maximum Gasteiger partial charge on any atom is 0.165 e. The molecule has 112 valence electrons. The standard InChI is InChI=1S/C16H21FN4/c1-12(2)21-10-8-19-15(21)13-5-4-9-20(11-13)16-14(17)6-3-7-18-16/h3,6-8,10,12-13H,4-5,9,11H2,1-2H3/t13-/m1/s1. The Morgan fingerprint density at radius 1 is 1.29 bits per heavy atom. The molecule has 0 aromatic carbocycles. The lowest BCUT2D eigenvalue weighted by molar-refractivity contribution is 0.449. The van der Waals surface area contributed by atoms with E-state index in [1.54, 1.807) is 12.3 Å². The molecule has 3 rings (SSSR count). The Morgan fingerprint density at radius 2 is 2.14 bits per heavy atom. The molecule has 0 unspecified atom stereocenters. The van der Waals surface area contributed by atoms with Crippen LogP contribution in [0.25, 0.3) is 0 Å². The zero-order valence-electron chi connectivity index (χ0n) is 12.5. The molecule has 1 aliphatic heterocycles. The van der Waals surface area contributed by atoms with Crippen LogP contribution in [0, 0.1) is 5.82 Å². The van der Waals surface area contributed by atoms with Gasteiger partial charge < -0.3 is 9.47 Å². The summed E-state index contributed by atoms with van der Waals surface area (Å²) in [4.78, 5) is 10.8. The first-order valence-corrected chi connectivity index (χ1v) is 7.55. The van der Waals surface area contributed by atoms with Gasteiger partial charge in [-0.3, -0.25) is 0 Å². The summed E-state index contributed by atoms with van der Waals surface area (Å²) >= 11 is 0. The van der Waals surface area contributed by atoms with E-state index in [2.05, 4.69) is 28.4 Å². The Bertz CT molecular complexity index is 608. The number of aromatic nitrogens is 3. The molecule has 0 saturated carbocycles. The normalized spacial score (nSPS) is 19.2. The molecule has 0 radical (unpaired) electrons. The molecule has 1 aliphatic rings. The van der Waals surface area contributed by atoms with Gasteiger partial charge in [0, 0.05) is 43.6 Å². The highest BCUT2D eigenvalue weighted by atomic mass is 19.1. The molecule has 2 aromatic rings. The number of imidazole rings is 1. The van der Waals surface area contributed by atoms with E-state index in [1.807, 2.05) is 17.3 Å². The third kappa shape index (κ3) is 2.77. The second-order valence-electron chi connectivity index (χ2n) is 5.88. The minimum atomic E-state index is -0.245. The van der Waals surface area contributed by atoms with Crippen LogP contribution in [-0.2, 0) is 0 Å². The Labute approximate surface area is 124 Å². The van der Waals surface area contributed by atoms with Gasteiger partial charge in [0.1, 0.15) is 5.82 Å². The van der Waals surface area contributed by atoms with Crippen molar-refractivity contribution in [1.29, 1.82) is 0 Å². The first kappa shape index (κ1) is 14.0. The molecule has 0 amide bonds. The van der Waals surface area contributed by atoms with E-state index in [1.165, 1.54) is 6.07 Å². The van der Waals surface area contributed by atoms with E-state index in [9.17, 15) is 4.39 Å². The van der Waals surface area contributed by atoms with Crippen LogP contribution in [0.1, 0.15) is 44.5 Å². The summed E-state index contributed by atoms with van der Waals surface area (Å²) < 4.78 is 16.1. The summed E-state index contributed by atoms with van der Waals surface area (Å²) in [5, 5.41) is 0. The largest absolute Gasteiger partial charge is 0.353 e. The van der Waals surface area contributed by atoms with Gasteiger partial charge in [0.05, 0.1) is 0 Å². The molecule has 0 spiro atoms. The molecule has 3 heterocycles. The van der Waals surface area contributed by atoms with Crippen LogP contribution >= 0.6 is 0 Å². The fourth-order valence-corrected chi connectivity index (χ4v) is 3.07. The van der Waals surface area contributed by atoms with E-state index in [4.69, 9.17) is 0 Å². The average molecular weight is 288 g/mol. The Morgan fingerprint density at radius 3 is 2.90 bits per heavy atom. The van der Waals surface area contributed by atoms with Crippen LogP contribution in [0.15, 0.2) is 30.7 Å². The van der Waals surface area contributed by atoms with Crippen LogP contribution in [0.3, 0.4) is 0 Å². The topological polar surface area (TPSA) is 34.0 Å². The van der Waals surface area contributed by atoms with Gasteiger partial charge in [0.25, 0.3) is 0 Å². The number of piperidine rings is 1. The molecule has 1 saturated heterocycles. The van der Waals surface area contributed by atoms with Crippen LogP contribution < -0.4 is 4.90 Å². The van der Waals surface area contributed by atoms with Crippen molar-refractivity contribution < 1.29 is 4.39 Å². The second-order valence-corrected chi connectivity index (χ2v) is 5.88. The molecule has 2 aromatic heterocycles. The highest BCUT2D eigenvalue weighted by molar-refractivity contribution is 5.40. The van der Waals surface area contributed by atoms with Gasteiger partial charge in [-0.05, 0) is 38.8 Å². The van der Waals surface area contributed by atoms with Gasteiger partial charge in [0.2, 0.25) is 0 Å². The van der Waals surface area contributed by atoms with E-state index in [0.29, 0.717) is 17.8 Å². The molecule has 5 heteroatoms. The second kappa shape index (κ2) is 5.84. The van der Waals surface area contributed by atoms with Crippen molar-refractivity contribution in [1.82, 2.24) is 14.5 Å². The van der Waals surface area contributed by atoms with Crippen molar-refractivity contribution in [3.8, 4) is 0 Å². The number of hydrogen-bond acceptors (Lipinski definition) is 3. The van der Waals surface area contributed by atoms with Crippen LogP contribution in [0.5, 0.6) is 0 Å². The smallest absolute Gasteiger partial charge is 0.165 e. The molecule has 0 N–H and O–H groups in total. The van der Waals surface area contributed by atoms with Crippen molar-refractivity contribution in [2.24, 2.45) is 0 Å². The Hall–Kier alpha value is -1.91. The lowest BCUT2D eigenvalue weighted by Gasteiger charge is -2.34. The predicted octanol–water partition coefficient (Wildman–Crippen LogP) is 3.38. The zero-order valence-corrected chi connectivity index (χ0v) is 12.5. The van der Waals surface area contributed by atoms with Gasteiger partial charge in [0.15, 0.2) is 11.6 Å². The summed E-state index contributed by atoms with van der Waals surface area (Å²) in [6, 6.07) is 3.50. The summed E-state index contributed by atoms with van der Waals surface area (Å²) in [6.07, 6.45) is 7.66. The summed E-state index contributed by atoms with van der Waals surface area (Å²) in [7, 11) is 0. The van der Waals surface area contributed by atoms with Crippen LogP contribution in [0.4, 0.5) is 10.2 Å². The average Bonchev–Trinajstić information content (AvgIpc) is 2.97. The lowest BCUT2D eigenvalue weighted by Crippen LogP contribution is -2.36. The van der Waals surface area contributed by atoms with Gasteiger partial charge in [-0.1, -0.05) is 0 Å². The Kier molecular flexibility index (Phi) is 3.90. The van der Waals surface area contributed by atoms with Crippen molar-refractivity contribution in [2.45, 2.75) is 38.6 Å².